The second kappa shape index (κ2) is 7.96. The van der Waals surface area contributed by atoms with Gasteiger partial charge in [-0.05, 0) is 39.8 Å². The summed E-state index contributed by atoms with van der Waals surface area (Å²) in [5.74, 6) is -1.66. The Bertz CT molecular complexity index is 494. The van der Waals surface area contributed by atoms with E-state index in [2.05, 4.69) is 11.8 Å². The normalized spacial score (nSPS) is 24.8. The van der Waals surface area contributed by atoms with Crippen LogP contribution in [0.4, 0.5) is 0 Å². The Morgan fingerprint density at radius 3 is 2.67 bits per heavy atom. The van der Waals surface area contributed by atoms with Crippen LogP contribution < -0.4 is 0 Å². The monoisotopic (exact) mass is 339 g/mol. The Morgan fingerprint density at radius 1 is 1.38 bits per heavy atom. The lowest BCUT2D eigenvalue weighted by molar-refractivity contribution is -0.147. The van der Waals surface area contributed by atoms with Crippen molar-refractivity contribution in [2.75, 3.05) is 32.7 Å². The van der Waals surface area contributed by atoms with E-state index in [1.807, 2.05) is 0 Å². The number of carboxylic acid groups (broad SMARTS) is 1. The van der Waals surface area contributed by atoms with E-state index < -0.39 is 11.9 Å². The highest BCUT2D eigenvalue weighted by Crippen LogP contribution is 2.24. The Hall–Kier alpha value is -1.63. The Morgan fingerprint density at radius 2 is 2.08 bits per heavy atom. The summed E-state index contributed by atoms with van der Waals surface area (Å²) in [5.41, 5.74) is 0. The Labute approximate surface area is 143 Å². The standard InChI is InChI=1S/C17H29N3O4/c1-4-18-7-5-6-14(18)10-19-9-13(8-15(19)21)17(24)20(12(2)3)11-16(22)23/h12-14H,4-11H2,1-3H3,(H,22,23). The van der Waals surface area contributed by atoms with E-state index in [0.29, 0.717) is 19.1 Å². The number of hydrogen-bond donors (Lipinski definition) is 1. The predicted molar refractivity (Wildman–Crippen MR) is 89.4 cm³/mol. The maximum Gasteiger partial charge on any atom is 0.323 e. The number of likely N-dealkylation sites (tertiary alicyclic amines) is 2. The predicted octanol–water partition coefficient (Wildman–Crippen LogP) is 0.641. The zero-order valence-corrected chi connectivity index (χ0v) is 14.9. The van der Waals surface area contributed by atoms with Crippen LogP contribution in [0.2, 0.25) is 0 Å². The zero-order valence-electron chi connectivity index (χ0n) is 14.9. The Kier molecular flexibility index (Phi) is 6.21. The summed E-state index contributed by atoms with van der Waals surface area (Å²) in [6.45, 7) is 8.56. The molecular formula is C17H29N3O4. The van der Waals surface area contributed by atoms with Gasteiger partial charge in [0.2, 0.25) is 11.8 Å². The third kappa shape index (κ3) is 4.26. The van der Waals surface area contributed by atoms with Crippen LogP contribution in [-0.2, 0) is 14.4 Å². The van der Waals surface area contributed by atoms with Gasteiger partial charge >= 0.3 is 5.97 Å². The topological polar surface area (TPSA) is 81.2 Å². The smallest absolute Gasteiger partial charge is 0.323 e. The second-order valence-corrected chi connectivity index (χ2v) is 7.08. The van der Waals surface area contributed by atoms with Crippen molar-refractivity contribution in [3.05, 3.63) is 0 Å². The molecule has 2 atom stereocenters. The van der Waals surface area contributed by atoms with Crippen LogP contribution in [0, 0.1) is 5.92 Å². The van der Waals surface area contributed by atoms with Crippen LogP contribution in [0.3, 0.4) is 0 Å². The highest BCUT2D eigenvalue weighted by molar-refractivity contribution is 5.90. The maximum absolute atomic E-state index is 12.6. The molecule has 136 valence electrons. The molecule has 2 rings (SSSR count). The fourth-order valence-electron chi connectivity index (χ4n) is 3.78. The molecule has 1 N–H and O–H groups in total. The molecule has 7 nitrogen and oxygen atoms in total. The number of hydrogen-bond acceptors (Lipinski definition) is 4. The first kappa shape index (κ1) is 18.7. The summed E-state index contributed by atoms with van der Waals surface area (Å²) in [6, 6.07) is 0.191. The number of likely N-dealkylation sites (N-methyl/N-ethyl adjacent to an activating group) is 1. The minimum atomic E-state index is -1.03. The van der Waals surface area contributed by atoms with E-state index in [0.717, 1.165) is 25.9 Å². The zero-order chi connectivity index (χ0) is 17.9. The molecule has 0 aromatic heterocycles. The lowest BCUT2D eigenvalue weighted by atomic mass is 10.1. The van der Waals surface area contributed by atoms with E-state index in [1.54, 1.807) is 18.7 Å². The van der Waals surface area contributed by atoms with Gasteiger partial charge in [-0.1, -0.05) is 6.92 Å². The quantitative estimate of drug-likeness (QED) is 0.736. The SMILES string of the molecule is CCN1CCCC1CN1CC(C(=O)N(CC(=O)O)C(C)C)CC1=O. The van der Waals surface area contributed by atoms with Gasteiger partial charge in [0.1, 0.15) is 6.54 Å². The van der Waals surface area contributed by atoms with Gasteiger partial charge in [0.05, 0.1) is 5.92 Å². The van der Waals surface area contributed by atoms with Crippen molar-refractivity contribution in [2.24, 2.45) is 5.92 Å². The molecule has 0 radical (unpaired) electrons. The van der Waals surface area contributed by atoms with Crippen molar-refractivity contribution in [3.63, 3.8) is 0 Å². The number of carbonyl (C=O) groups is 3. The molecule has 2 saturated heterocycles. The van der Waals surface area contributed by atoms with Crippen molar-refractivity contribution in [2.45, 2.75) is 52.1 Å². The molecule has 2 unspecified atom stereocenters. The van der Waals surface area contributed by atoms with Crippen molar-refractivity contribution >= 4 is 17.8 Å². The molecule has 0 aromatic rings. The number of amides is 2. The third-order valence-corrected chi connectivity index (χ3v) is 5.11. The molecule has 2 aliphatic heterocycles. The van der Waals surface area contributed by atoms with Crippen molar-refractivity contribution in [3.8, 4) is 0 Å². The fourth-order valence-corrected chi connectivity index (χ4v) is 3.78. The molecule has 0 bridgehead atoms. The van der Waals surface area contributed by atoms with Gasteiger partial charge in [-0.25, -0.2) is 0 Å². The van der Waals surface area contributed by atoms with E-state index in [-0.39, 0.29) is 30.8 Å². The molecule has 24 heavy (non-hydrogen) atoms. The van der Waals surface area contributed by atoms with Crippen LogP contribution >= 0.6 is 0 Å². The Balaban J connectivity index is 1.97. The molecule has 0 saturated carbocycles. The number of carbonyl (C=O) groups excluding carboxylic acids is 2. The number of aliphatic carboxylic acids is 1. The summed E-state index contributed by atoms with van der Waals surface area (Å²) >= 11 is 0. The summed E-state index contributed by atoms with van der Waals surface area (Å²) in [4.78, 5) is 41.5. The second-order valence-electron chi connectivity index (χ2n) is 7.08. The number of nitrogens with zero attached hydrogens (tertiary/aromatic N) is 3. The van der Waals surface area contributed by atoms with Gasteiger partial charge in [0, 0.05) is 31.6 Å². The lowest BCUT2D eigenvalue weighted by Crippen LogP contribution is -2.45. The minimum absolute atomic E-state index is 0.00957. The minimum Gasteiger partial charge on any atom is -0.480 e. The van der Waals surface area contributed by atoms with Crippen LogP contribution in [-0.4, -0.2) is 82.4 Å². The summed E-state index contributed by atoms with van der Waals surface area (Å²) in [7, 11) is 0. The third-order valence-electron chi connectivity index (χ3n) is 5.11. The van der Waals surface area contributed by atoms with Crippen molar-refractivity contribution in [1.82, 2.24) is 14.7 Å². The highest BCUT2D eigenvalue weighted by atomic mass is 16.4. The molecular weight excluding hydrogens is 310 g/mol. The van der Waals surface area contributed by atoms with E-state index in [9.17, 15) is 14.4 Å². The van der Waals surface area contributed by atoms with Gasteiger partial charge < -0.3 is 14.9 Å². The summed E-state index contributed by atoms with van der Waals surface area (Å²) in [6.07, 6.45) is 2.44. The molecule has 2 fully saturated rings. The number of rotatable bonds is 7. The summed E-state index contributed by atoms with van der Waals surface area (Å²) < 4.78 is 0. The van der Waals surface area contributed by atoms with Gasteiger partial charge in [0.15, 0.2) is 0 Å². The molecule has 7 heteroatoms. The van der Waals surface area contributed by atoms with Crippen LogP contribution in [0.1, 0.15) is 40.0 Å². The fraction of sp³-hybridized carbons (Fsp3) is 0.824. The van der Waals surface area contributed by atoms with Crippen LogP contribution in [0.5, 0.6) is 0 Å². The molecule has 0 aliphatic carbocycles. The average Bonchev–Trinajstić information content (AvgIpc) is 3.11. The van der Waals surface area contributed by atoms with Crippen molar-refractivity contribution < 1.29 is 19.5 Å². The van der Waals surface area contributed by atoms with E-state index in [1.165, 1.54) is 4.90 Å². The molecule has 2 heterocycles. The van der Waals surface area contributed by atoms with Gasteiger partial charge in [-0.2, -0.15) is 0 Å². The van der Waals surface area contributed by atoms with Gasteiger partial charge in [0.25, 0.3) is 0 Å². The lowest BCUT2D eigenvalue weighted by Gasteiger charge is -2.29. The highest BCUT2D eigenvalue weighted by Gasteiger charge is 2.39. The van der Waals surface area contributed by atoms with Crippen LogP contribution in [0.15, 0.2) is 0 Å². The first-order valence-electron chi connectivity index (χ1n) is 8.87. The van der Waals surface area contributed by atoms with Gasteiger partial charge in [-0.15, -0.1) is 0 Å². The molecule has 0 aromatic carbocycles. The molecule has 2 amide bonds. The number of carboxylic acids is 1. The summed E-state index contributed by atoms with van der Waals surface area (Å²) in [5, 5.41) is 9.00. The first-order chi connectivity index (χ1) is 11.3. The largest absolute Gasteiger partial charge is 0.480 e. The average molecular weight is 339 g/mol. The van der Waals surface area contributed by atoms with E-state index in [4.69, 9.17) is 5.11 Å². The van der Waals surface area contributed by atoms with Gasteiger partial charge in [-0.3, -0.25) is 19.3 Å². The molecule has 2 aliphatic rings. The molecule has 0 spiro atoms. The first-order valence-corrected chi connectivity index (χ1v) is 8.87. The maximum atomic E-state index is 12.6. The van der Waals surface area contributed by atoms with E-state index >= 15 is 0 Å². The van der Waals surface area contributed by atoms with Crippen LogP contribution in [0.25, 0.3) is 0 Å². The van der Waals surface area contributed by atoms with Crippen molar-refractivity contribution in [1.29, 1.82) is 0 Å².